The number of aromatic nitrogens is 1. The molecule has 1 N–H and O–H groups in total. The number of benzene rings is 3. The zero-order chi connectivity index (χ0) is 24.8. The molecule has 10 heteroatoms. The predicted octanol–water partition coefficient (Wildman–Crippen LogP) is 8.88. The summed E-state index contributed by atoms with van der Waals surface area (Å²) >= 11 is 14.3. The molecule has 0 radical (unpaired) electrons. The van der Waals surface area contributed by atoms with Gasteiger partial charge in [-0.3, -0.25) is 14.7 Å². The first kappa shape index (κ1) is 24.9. The van der Waals surface area contributed by atoms with Gasteiger partial charge in [0.2, 0.25) is 7.29 Å². The quantitative estimate of drug-likeness (QED) is 0.137. The summed E-state index contributed by atoms with van der Waals surface area (Å²) in [6, 6.07) is 24.5. The average molecular weight is 542 g/mol. The van der Waals surface area contributed by atoms with Crippen LogP contribution in [0.5, 0.6) is 0 Å². The van der Waals surface area contributed by atoms with E-state index in [1.165, 1.54) is 35.1 Å². The Bertz CT molecular complexity index is 1400. The number of nitro benzene ring substituents is 1. The van der Waals surface area contributed by atoms with Crippen molar-refractivity contribution >= 4 is 62.7 Å². The number of hydrogen-bond acceptors (Lipinski definition) is 5. The smallest absolute Gasteiger partial charge is 0.270 e. The van der Waals surface area contributed by atoms with Crippen molar-refractivity contribution in [3.8, 4) is 11.3 Å². The molecule has 0 aliphatic rings. The third kappa shape index (κ3) is 6.47. The van der Waals surface area contributed by atoms with Gasteiger partial charge in [0.25, 0.3) is 5.69 Å². The molecule has 0 fully saturated rings. The van der Waals surface area contributed by atoms with Gasteiger partial charge in [-0.15, -0.1) is 11.3 Å². The Balaban J connectivity index is 1.70. The SMILES string of the molecule is O=[N+]([O-])c1cccc(-c2csc(NP(=O)(C=C(Cl)c3ccccc3)C=C(Cl)c3ccccc3)n2)c1. The highest BCUT2D eigenvalue weighted by Gasteiger charge is 2.22. The van der Waals surface area contributed by atoms with E-state index in [1.54, 1.807) is 17.5 Å². The highest BCUT2D eigenvalue weighted by molar-refractivity contribution is 7.72. The molecule has 0 amide bonds. The van der Waals surface area contributed by atoms with Crippen LogP contribution in [0.3, 0.4) is 0 Å². The summed E-state index contributed by atoms with van der Waals surface area (Å²) in [5.41, 5.74) is 2.47. The zero-order valence-electron chi connectivity index (χ0n) is 18.0. The van der Waals surface area contributed by atoms with E-state index in [9.17, 15) is 14.7 Å². The van der Waals surface area contributed by atoms with Crippen LogP contribution in [0.15, 0.2) is 102 Å². The molecule has 1 heterocycles. The van der Waals surface area contributed by atoms with Crippen molar-refractivity contribution in [3.63, 3.8) is 0 Å². The lowest BCUT2D eigenvalue weighted by atomic mass is 10.1. The molecule has 35 heavy (non-hydrogen) atoms. The minimum absolute atomic E-state index is 0.0363. The Kier molecular flexibility index (Phi) is 7.83. The summed E-state index contributed by atoms with van der Waals surface area (Å²) in [6.07, 6.45) is 0. The van der Waals surface area contributed by atoms with Gasteiger partial charge in [-0.25, -0.2) is 4.98 Å². The molecule has 0 aliphatic carbocycles. The summed E-state index contributed by atoms with van der Waals surface area (Å²) in [7, 11) is -3.49. The van der Waals surface area contributed by atoms with E-state index in [2.05, 4.69) is 10.1 Å². The minimum Gasteiger partial charge on any atom is -0.306 e. The highest BCUT2D eigenvalue weighted by Crippen LogP contribution is 2.54. The number of halogens is 2. The average Bonchev–Trinajstić information content (AvgIpc) is 3.33. The van der Waals surface area contributed by atoms with E-state index in [0.717, 1.165) is 0 Å². The number of anilines is 1. The van der Waals surface area contributed by atoms with Crippen molar-refractivity contribution < 1.29 is 9.49 Å². The monoisotopic (exact) mass is 541 g/mol. The number of nitrogens with one attached hydrogen (secondary N) is 1. The Morgan fingerprint density at radius 3 is 2.03 bits per heavy atom. The van der Waals surface area contributed by atoms with Crippen LogP contribution in [0.1, 0.15) is 11.1 Å². The summed E-state index contributed by atoms with van der Waals surface area (Å²) in [6.45, 7) is 0. The van der Waals surface area contributed by atoms with Gasteiger partial charge >= 0.3 is 0 Å². The van der Waals surface area contributed by atoms with Gasteiger partial charge in [-0.2, -0.15) is 0 Å². The van der Waals surface area contributed by atoms with Crippen LogP contribution in [-0.2, 0) is 4.57 Å². The molecule has 0 saturated heterocycles. The lowest BCUT2D eigenvalue weighted by molar-refractivity contribution is -0.384. The molecule has 6 nitrogen and oxygen atoms in total. The second-order valence-electron chi connectivity index (χ2n) is 7.35. The first-order valence-electron chi connectivity index (χ1n) is 10.3. The molecule has 0 spiro atoms. The third-order valence-electron chi connectivity index (χ3n) is 4.84. The van der Waals surface area contributed by atoms with Crippen LogP contribution in [0.25, 0.3) is 21.3 Å². The normalized spacial score (nSPS) is 13.8. The van der Waals surface area contributed by atoms with Gasteiger partial charge in [0.15, 0.2) is 5.13 Å². The molecule has 4 rings (SSSR count). The maximum absolute atomic E-state index is 14.1. The fourth-order valence-electron chi connectivity index (χ4n) is 3.17. The maximum Gasteiger partial charge on any atom is 0.270 e. The Morgan fingerprint density at radius 1 is 0.914 bits per heavy atom. The second-order valence-corrected chi connectivity index (χ2v) is 11.2. The van der Waals surface area contributed by atoms with Gasteiger partial charge in [0.05, 0.1) is 20.7 Å². The molecular weight excluding hydrogens is 524 g/mol. The molecular formula is C25H18Cl2N3O3PS. The Labute approximate surface area is 216 Å². The topological polar surface area (TPSA) is 85.1 Å². The summed E-state index contributed by atoms with van der Waals surface area (Å²) in [5.74, 6) is 2.90. The lowest BCUT2D eigenvalue weighted by Gasteiger charge is -2.13. The summed E-state index contributed by atoms with van der Waals surface area (Å²) in [4.78, 5) is 15.1. The summed E-state index contributed by atoms with van der Waals surface area (Å²) < 4.78 is 14.1. The van der Waals surface area contributed by atoms with Crippen molar-refractivity contribution in [2.24, 2.45) is 0 Å². The highest BCUT2D eigenvalue weighted by atomic mass is 35.5. The zero-order valence-corrected chi connectivity index (χ0v) is 21.3. The van der Waals surface area contributed by atoms with E-state index < -0.39 is 12.2 Å². The number of non-ortho nitro benzene ring substituents is 1. The van der Waals surface area contributed by atoms with Crippen LogP contribution in [0, 0.1) is 10.1 Å². The Hall–Kier alpha value is -3.22. The van der Waals surface area contributed by atoms with Gasteiger partial charge < -0.3 is 5.09 Å². The molecule has 176 valence electrons. The largest absolute Gasteiger partial charge is 0.306 e. The van der Waals surface area contributed by atoms with Crippen LogP contribution in [-0.4, -0.2) is 9.91 Å². The number of nitro groups is 1. The molecule has 0 unspecified atom stereocenters. The molecule has 4 aromatic rings. The molecule has 3 aromatic carbocycles. The predicted molar refractivity (Wildman–Crippen MR) is 146 cm³/mol. The van der Waals surface area contributed by atoms with Crippen LogP contribution < -0.4 is 5.09 Å². The minimum atomic E-state index is -3.49. The third-order valence-corrected chi connectivity index (χ3v) is 8.55. The van der Waals surface area contributed by atoms with E-state index in [4.69, 9.17) is 23.2 Å². The molecule has 1 aromatic heterocycles. The van der Waals surface area contributed by atoms with Gasteiger partial charge in [-0.1, -0.05) is 96.0 Å². The molecule has 0 aliphatic heterocycles. The molecule has 0 bridgehead atoms. The molecule has 0 atom stereocenters. The van der Waals surface area contributed by atoms with Crippen molar-refractivity contribution in [3.05, 3.63) is 123 Å². The van der Waals surface area contributed by atoms with Gasteiger partial charge in [0, 0.05) is 34.7 Å². The number of nitrogens with zero attached hydrogens (tertiary/aromatic N) is 2. The maximum atomic E-state index is 14.1. The van der Waals surface area contributed by atoms with Crippen molar-refractivity contribution in [1.82, 2.24) is 4.98 Å². The van der Waals surface area contributed by atoms with Crippen LogP contribution >= 0.6 is 41.8 Å². The number of rotatable bonds is 8. The van der Waals surface area contributed by atoms with Gasteiger partial charge in [0.1, 0.15) is 0 Å². The van der Waals surface area contributed by atoms with Gasteiger partial charge in [-0.05, 0) is 11.1 Å². The van der Waals surface area contributed by atoms with Crippen LogP contribution in [0.4, 0.5) is 10.8 Å². The van der Waals surface area contributed by atoms with Crippen molar-refractivity contribution in [2.75, 3.05) is 5.09 Å². The Morgan fingerprint density at radius 2 is 1.49 bits per heavy atom. The fourth-order valence-corrected chi connectivity index (χ4v) is 7.02. The number of thiazole rings is 1. The lowest BCUT2D eigenvalue weighted by Crippen LogP contribution is -1.94. The van der Waals surface area contributed by atoms with E-state index >= 15 is 0 Å². The van der Waals surface area contributed by atoms with Crippen molar-refractivity contribution in [1.29, 1.82) is 0 Å². The van der Waals surface area contributed by atoms with E-state index in [1.807, 2.05) is 60.7 Å². The fraction of sp³-hybridized carbons (Fsp3) is 0. The standard InChI is InChI=1S/C25H18Cl2N3O3PS/c26-22(18-8-3-1-4-9-18)15-34(33,16-23(27)19-10-5-2-6-11-19)29-25-28-24(17-35-25)20-12-7-13-21(14-20)30(31)32/h1-17H,(H,28,29,33). The number of hydrogen-bond donors (Lipinski definition) is 1. The van der Waals surface area contributed by atoms with Crippen LogP contribution in [0.2, 0.25) is 0 Å². The first-order chi connectivity index (χ1) is 16.8. The second kappa shape index (κ2) is 11.0. The van der Waals surface area contributed by atoms with E-state index in [-0.39, 0.29) is 5.69 Å². The summed E-state index contributed by atoms with van der Waals surface area (Å²) in [5, 5.41) is 16.8. The molecule has 0 saturated carbocycles. The van der Waals surface area contributed by atoms with Crippen molar-refractivity contribution in [2.45, 2.75) is 0 Å². The van der Waals surface area contributed by atoms with E-state index in [0.29, 0.717) is 37.6 Å². The first-order valence-corrected chi connectivity index (χ1v) is 13.8.